The molecule has 0 atom stereocenters. The first-order valence-electron chi connectivity index (χ1n) is 3.48. The highest BCUT2D eigenvalue weighted by molar-refractivity contribution is 5.91. The molecule has 0 spiro atoms. The third-order valence-corrected chi connectivity index (χ3v) is 1.33. The van der Waals surface area contributed by atoms with E-state index in [9.17, 15) is 9.59 Å². The Morgan fingerprint density at radius 3 is 3.00 bits per heavy atom. The molecule has 1 rings (SSSR count). The Bertz CT molecular complexity index is 181. The lowest BCUT2D eigenvalue weighted by Crippen LogP contribution is -2.40. The number of nitrogens with one attached hydrogen (secondary N) is 1. The Balaban J connectivity index is 2.46. The number of rotatable bonds is 1. The maximum atomic E-state index is 11.0. The molecule has 1 aliphatic heterocycles. The van der Waals surface area contributed by atoms with Gasteiger partial charge in [-0.15, -0.1) is 0 Å². The molecule has 5 nitrogen and oxygen atoms in total. The van der Waals surface area contributed by atoms with E-state index in [0.29, 0.717) is 19.7 Å². The molecular weight excluding hydrogens is 148 g/mol. The van der Waals surface area contributed by atoms with Crippen LogP contribution in [0.2, 0.25) is 0 Å². The summed E-state index contributed by atoms with van der Waals surface area (Å²) < 4.78 is 4.56. The summed E-state index contributed by atoms with van der Waals surface area (Å²) in [7, 11) is 0. The van der Waals surface area contributed by atoms with Crippen molar-refractivity contribution < 1.29 is 14.3 Å². The molecule has 1 heterocycles. The number of imide groups is 1. The van der Waals surface area contributed by atoms with Gasteiger partial charge in [0.05, 0.1) is 6.54 Å². The summed E-state index contributed by atoms with van der Waals surface area (Å²) in [6, 6.07) is -0.380. The third-order valence-electron chi connectivity index (χ3n) is 1.33. The highest BCUT2D eigenvalue weighted by Crippen LogP contribution is 2.02. The average Bonchev–Trinajstić information content (AvgIpc) is 2.36. The molecule has 62 valence electrons. The molecule has 0 unspecified atom stereocenters. The van der Waals surface area contributed by atoms with Gasteiger partial charge in [-0.1, -0.05) is 0 Å². The highest BCUT2D eigenvalue weighted by atomic mass is 16.6. The van der Waals surface area contributed by atoms with Crippen LogP contribution in [0.1, 0.15) is 6.92 Å². The normalized spacial score (nSPS) is 16.5. The summed E-state index contributed by atoms with van der Waals surface area (Å²) in [5.41, 5.74) is 0. The Morgan fingerprint density at radius 2 is 2.55 bits per heavy atom. The second-order valence-electron chi connectivity index (χ2n) is 2.10. The number of hydrogen-bond acceptors (Lipinski definition) is 3. The molecule has 0 radical (unpaired) electrons. The second kappa shape index (κ2) is 3.23. The van der Waals surface area contributed by atoms with Crippen LogP contribution in [0.15, 0.2) is 0 Å². The van der Waals surface area contributed by atoms with Gasteiger partial charge in [-0.05, 0) is 6.92 Å². The van der Waals surface area contributed by atoms with Crippen LogP contribution < -0.4 is 5.32 Å². The second-order valence-corrected chi connectivity index (χ2v) is 2.10. The van der Waals surface area contributed by atoms with Crippen LogP contribution >= 0.6 is 0 Å². The largest absolute Gasteiger partial charge is 0.447 e. The molecule has 11 heavy (non-hydrogen) atoms. The number of ether oxygens (including phenoxy) is 1. The van der Waals surface area contributed by atoms with E-state index in [1.54, 1.807) is 6.92 Å². The van der Waals surface area contributed by atoms with Crippen LogP contribution in [-0.2, 0) is 4.74 Å². The van der Waals surface area contributed by atoms with Gasteiger partial charge in [-0.2, -0.15) is 0 Å². The van der Waals surface area contributed by atoms with Crippen molar-refractivity contribution in [1.29, 1.82) is 0 Å². The molecule has 1 fully saturated rings. The molecule has 0 saturated carbocycles. The van der Waals surface area contributed by atoms with Crippen LogP contribution in [0, 0.1) is 0 Å². The fourth-order valence-electron chi connectivity index (χ4n) is 0.825. The molecular formula is C6H10N2O3. The molecule has 3 amide bonds. The lowest BCUT2D eigenvalue weighted by atomic mass is 10.6. The Labute approximate surface area is 64.3 Å². The lowest BCUT2D eigenvalue weighted by Gasteiger charge is -2.09. The molecule has 0 aliphatic carbocycles. The molecule has 0 aromatic carbocycles. The smallest absolute Gasteiger partial charge is 0.418 e. The number of carbonyl (C=O) groups excluding carboxylic acids is 2. The topological polar surface area (TPSA) is 58.6 Å². The van der Waals surface area contributed by atoms with E-state index in [-0.39, 0.29) is 6.03 Å². The summed E-state index contributed by atoms with van der Waals surface area (Å²) in [5.74, 6) is 0. The van der Waals surface area contributed by atoms with Crippen molar-refractivity contribution in [3.05, 3.63) is 0 Å². The van der Waals surface area contributed by atoms with Crippen LogP contribution in [0.4, 0.5) is 9.59 Å². The highest BCUT2D eigenvalue weighted by Gasteiger charge is 2.27. The maximum absolute atomic E-state index is 11.0. The average molecular weight is 158 g/mol. The Morgan fingerprint density at radius 1 is 1.82 bits per heavy atom. The Kier molecular flexibility index (Phi) is 2.30. The van der Waals surface area contributed by atoms with E-state index < -0.39 is 6.09 Å². The monoisotopic (exact) mass is 158 g/mol. The van der Waals surface area contributed by atoms with E-state index in [2.05, 4.69) is 10.1 Å². The molecule has 0 aromatic rings. The molecule has 0 aromatic heterocycles. The third kappa shape index (κ3) is 1.60. The number of carbonyl (C=O) groups is 2. The van der Waals surface area contributed by atoms with Crippen molar-refractivity contribution in [2.24, 2.45) is 0 Å². The SMILES string of the molecule is CCNC(=O)N1CCOC1=O. The van der Waals surface area contributed by atoms with E-state index in [1.807, 2.05) is 0 Å². The van der Waals surface area contributed by atoms with Crippen molar-refractivity contribution in [2.45, 2.75) is 6.92 Å². The number of hydrogen-bond donors (Lipinski definition) is 1. The van der Waals surface area contributed by atoms with Crippen LogP contribution in [-0.4, -0.2) is 36.7 Å². The van der Waals surface area contributed by atoms with Gasteiger partial charge >= 0.3 is 12.1 Å². The van der Waals surface area contributed by atoms with E-state index >= 15 is 0 Å². The van der Waals surface area contributed by atoms with Gasteiger partial charge in [-0.25, -0.2) is 14.5 Å². The minimum absolute atomic E-state index is 0.302. The zero-order valence-corrected chi connectivity index (χ0v) is 6.29. The van der Waals surface area contributed by atoms with Crippen molar-refractivity contribution in [3.63, 3.8) is 0 Å². The maximum Gasteiger partial charge on any atom is 0.418 e. The van der Waals surface area contributed by atoms with Crippen LogP contribution in [0.5, 0.6) is 0 Å². The molecule has 0 bridgehead atoms. The number of amides is 3. The first-order valence-corrected chi connectivity index (χ1v) is 3.48. The zero-order valence-electron chi connectivity index (χ0n) is 6.29. The van der Waals surface area contributed by atoms with Gasteiger partial charge in [0.2, 0.25) is 0 Å². The van der Waals surface area contributed by atoms with E-state index in [0.717, 1.165) is 4.90 Å². The van der Waals surface area contributed by atoms with Crippen molar-refractivity contribution in [2.75, 3.05) is 19.7 Å². The Hall–Kier alpha value is -1.26. The van der Waals surface area contributed by atoms with Crippen molar-refractivity contribution >= 4 is 12.1 Å². The van der Waals surface area contributed by atoms with Gasteiger partial charge in [0.15, 0.2) is 0 Å². The molecule has 1 aliphatic rings. The summed E-state index contributed by atoms with van der Waals surface area (Å²) in [6.07, 6.45) is -0.559. The van der Waals surface area contributed by atoms with Gasteiger partial charge < -0.3 is 10.1 Å². The molecule has 1 saturated heterocycles. The number of nitrogens with zero attached hydrogens (tertiary/aromatic N) is 1. The fourth-order valence-corrected chi connectivity index (χ4v) is 0.825. The minimum atomic E-state index is -0.559. The molecule has 1 N–H and O–H groups in total. The van der Waals surface area contributed by atoms with Gasteiger partial charge in [0.25, 0.3) is 0 Å². The predicted octanol–water partition coefficient (Wildman–Crippen LogP) is 0.168. The van der Waals surface area contributed by atoms with E-state index in [1.165, 1.54) is 0 Å². The first-order chi connectivity index (χ1) is 5.25. The fraction of sp³-hybridized carbons (Fsp3) is 0.667. The number of urea groups is 1. The number of cyclic esters (lactones) is 1. The summed E-state index contributed by atoms with van der Waals surface area (Å²) in [5, 5.41) is 2.50. The quantitative estimate of drug-likeness (QED) is 0.591. The predicted molar refractivity (Wildman–Crippen MR) is 37.1 cm³/mol. The zero-order chi connectivity index (χ0) is 8.27. The van der Waals surface area contributed by atoms with Gasteiger partial charge in [-0.3, -0.25) is 0 Å². The van der Waals surface area contributed by atoms with Crippen molar-refractivity contribution in [1.82, 2.24) is 10.2 Å². The van der Waals surface area contributed by atoms with Crippen molar-refractivity contribution in [3.8, 4) is 0 Å². The standard InChI is InChI=1S/C6H10N2O3/c1-2-7-5(9)8-3-4-11-6(8)10/h2-4H2,1H3,(H,7,9). The summed E-state index contributed by atoms with van der Waals surface area (Å²) >= 11 is 0. The summed E-state index contributed by atoms with van der Waals surface area (Å²) in [4.78, 5) is 22.7. The lowest BCUT2D eigenvalue weighted by molar-refractivity contribution is 0.159. The van der Waals surface area contributed by atoms with Gasteiger partial charge in [0.1, 0.15) is 6.61 Å². The first kappa shape index (κ1) is 7.84. The van der Waals surface area contributed by atoms with Crippen LogP contribution in [0.3, 0.4) is 0 Å². The molecule has 5 heteroatoms. The minimum Gasteiger partial charge on any atom is -0.447 e. The van der Waals surface area contributed by atoms with E-state index in [4.69, 9.17) is 0 Å². The van der Waals surface area contributed by atoms with Gasteiger partial charge in [0, 0.05) is 6.54 Å². The summed E-state index contributed by atoms with van der Waals surface area (Å²) in [6.45, 7) is 2.96. The van der Waals surface area contributed by atoms with Crippen LogP contribution in [0.25, 0.3) is 0 Å².